The average molecular weight is 169 g/mol. The van der Waals surface area contributed by atoms with Gasteiger partial charge in [-0.1, -0.05) is 20.8 Å². The maximum atomic E-state index is 4.52. The van der Waals surface area contributed by atoms with E-state index in [1.165, 1.54) is 17.1 Å². The van der Waals surface area contributed by atoms with E-state index in [2.05, 4.69) is 31.1 Å². The van der Waals surface area contributed by atoms with E-state index in [1.807, 2.05) is 0 Å². The predicted octanol–water partition coefficient (Wildman–Crippen LogP) is 3.22. The monoisotopic (exact) mass is 169 g/mol. The van der Waals surface area contributed by atoms with Gasteiger partial charge in [-0.05, 0) is 18.8 Å². The number of hydrogen-bond acceptors (Lipinski definition) is 2. The molecule has 0 bridgehead atoms. The van der Waals surface area contributed by atoms with Crippen molar-refractivity contribution < 1.29 is 0 Å². The van der Waals surface area contributed by atoms with Gasteiger partial charge in [0.15, 0.2) is 0 Å². The summed E-state index contributed by atoms with van der Waals surface area (Å²) in [6, 6.07) is 0. The zero-order chi connectivity index (χ0) is 8.27. The van der Waals surface area contributed by atoms with Gasteiger partial charge in [0.25, 0.3) is 0 Å². The fourth-order valence-electron chi connectivity index (χ4n) is 0.923. The molecule has 0 saturated heterocycles. The molecule has 0 aliphatic carbocycles. The Balaban J connectivity index is 2.71. The molecule has 0 N–H and O–H groups in total. The van der Waals surface area contributed by atoms with Crippen LogP contribution in [0.15, 0.2) is 5.38 Å². The van der Waals surface area contributed by atoms with Crippen LogP contribution in [0.25, 0.3) is 0 Å². The molecule has 0 spiro atoms. The first-order chi connectivity index (χ1) is 5.27. The van der Waals surface area contributed by atoms with Crippen LogP contribution in [0, 0.1) is 0 Å². The second-order valence-corrected chi connectivity index (χ2v) is 3.77. The molecule has 0 saturated carbocycles. The smallest absolute Gasteiger partial charge is 0.0925 e. The van der Waals surface area contributed by atoms with E-state index in [0.29, 0.717) is 5.92 Å². The van der Waals surface area contributed by atoms with Crippen molar-refractivity contribution in [3.63, 3.8) is 0 Å². The quantitative estimate of drug-likeness (QED) is 0.677. The van der Waals surface area contributed by atoms with Crippen LogP contribution in [-0.4, -0.2) is 4.98 Å². The molecular weight excluding hydrogens is 154 g/mol. The molecular formula is C9H15NS. The van der Waals surface area contributed by atoms with Crippen molar-refractivity contribution in [1.82, 2.24) is 4.98 Å². The van der Waals surface area contributed by atoms with Crippen LogP contribution < -0.4 is 0 Å². The van der Waals surface area contributed by atoms with Crippen molar-refractivity contribution in [2.75, 3.05) is 0 Å². The van der Waals surface area contributed by atoms with Crippen molar-refractivity contribution in [1.29, 1.82) is 0 Å². The molecule has 0 radical (unpaired) electrons. The van der Waals surface area contributed by atoms with E-state index in [4.69, 9.17) is 0 Å². The van der Waals surface area contributed by atoms with E-state index in [-0.39, 0.29) is 0 Å². The van der Waals surface area contributed by atoms with Crippen molar-refractivity contribution in [2.24, 2.45) is 0 Å². The van der Waals surface area contributed by atoms with E-state index >= 15 is 0 Å². The lowest BCUT2D eigenvalue weighted by Gasteiger charge is -2.01. The molecule has 2 heteroatoms. The van der Waals surface area contributed by atoms with Crippen LogP contribution in [-0.2, 0) is 6.42 Å². The minimum absolute atomic E-state index is 0.631. The number of nitrogens with zero attached hydrogens (tertiary/aromatic N) is 1. The highest BCUT2D eigenvalue weighted by molar-refractivity contribution is 7.09. The van der Waals surface area contributed by atoms with Gasteiger partial charge in [-0.3, -0.25) is 0 Å². The lowest BCUT2D eigenvalue weighted by atomic mass is 10.1. The van der Waals surface area contributed by atoms with Gasteiger partial charge in [-0.25, -0.2) is 4.98 Å². The third-order valence-electron chi connectivity index (χ3n) is 1.99. The largest absolute Gasteiger partial charge is 0.246 e. The third kappa shape index (κ3) is 2.03. The minimum atomic E-state index is 0.631. The van der Waals surface area contributed by atoms with Gasteiger partial charge >= 0.3 is 0 Å². The van der Waals surface area contributed by atoms with Gasteiger partial charge in [0.05, 0.1) is 10.7 Å². The van der Waals surface area contributed by atoms with E-state index < -0.39 is 0 Å². The first kappa shape index (κ1) is 8.72. The summed E-state index contributed by atoms with van der Waals surface area (Å²) in [6.07, 6.45) is 2.26. The number of aryl methyl sites for hydroxylation is 1. The normalized spacial score (nSPS) is 13.4. The van der Waals surface area contributed by atoms with Gasteiger partial charge in [-0.2, -0.15) is 0 Å². The van der Waals surface area contributed by atoms with Crippen LogP contribution in [0.4, 0.5) is 0 Å². The van der Waals surface area contributed by atoms with E-state index in [0.717, 1.165) is 6.42 Å². The Morgan fingerprint density at radius 1 is 1.55 bits per heavy atom. The topological polar surface area (TPSA) is 12.9 Å². The summed E-state index contributed by atoms with van der Waals surface area (Å²) in [5.74, 6) is 0.631. The molecule has 0 amide bonds. The van der Waals surface area contributed by atoms with Gasteiger partial charge in [0, 0.05) is 5.38 Å². The summed E-state index contributed by atoms with van der Waals surface area (Å²) in [6.45, 7) is 6.59. The molecule has 1 nitrogen and oxygen atoms in total. The SMILES string of the molecule is CCc1nc(C(C)CC)cs1. The second kappa shape index (κ2) is 3.86. The fourth-order valence-corrected chi connectivity index (χ4v) is 1.79. The second-order valence-electron chi connectivity index (χ2n) is 2.83. The number of thiazole rings is 1. The molecule has 1 rings (SSSR count). The number of rotatable bonds is 3. The maximum absolute atomic E-state index is 4.52. The van der Waals surface area contributed by atoms with Gasteiger partial charge in [0.2, 0.25) is 0 Å². The Morgan fingerprint density at radius 2 is 2.27 bits per heavy atom. The minimum Gasteiger partial charge on any atom is -0.246 e. The Kier molecular flexibility index (Phi) is 3.06. The zero-order valence-electron chi connectivity index (χ0n) is 7.42. The van der Waals surface area contributed by atoms with Crippen molar-refractivity contribution in [3.8, 4) is 0 Å². The van der Waals surface area contributed by atoms with Crippen LogP contribution in [0.3, 0.4) is 0 Å². The lowest BCUT2D eigenvalue weighted by Crippen LogP contribution is -1.91. The lowest BCUT2D eigenvalue weighted by molar-refractivity contribution is 0.710. The Morgan fingerprint density at radius 3 is 2.73 bits per heavy atom. The van der Waals surface area contributed by atoms with Gasteiger partial charge in [0.1, 0.15) is 0 Å². The molecule has 1 atom stereocenters. The van der Waals surface area contributed by atoms with Crippen LogP contribution in [0.5, 0.6) is 0 Å². The standard InChI is InChI=1S/C9H15NS/c1-4-7(3)8-6-11-9(5-2)10-8/h6-7H,4-5H2,1-3H3. The van der Waals surface area contributed by atoms with Crippen molar-refractivity contribution >= 4 is 11.3 Å². The van der Waals surface area contributed by atoms with Gasteiger partial charge < -0.3 is 0 Å². The van der Waals surface area contributed by atoms with E-state index in [1.54, 1.807) is 11.3 Å². The molecule has 0 aliphatic heterocycles. The highest BCUT2D eigenvalue weighted by Gasteiger charge is 2.06. The molecule has 1 aromatic rings. The van der Waals surface area contributed by atoms with Crippen LogP contribution in [0.2, 0.25) is 0 Å². The molecule has 1 aromatic heterocycles. The molecule has 1 heterocycles. The van der Waals surface area contributed by atoms with Gasteiger partial charge in [-0.15, -0.1) is 11.3 Å². The number of hydrogen-bond donors (Lipinski definition) is 0. The Labute approximate surface area is 72.5 Å². The summed E-state index contributed by atoms with van der Waals surface area (Å²) < 4.78 is 0. The summed E-state index contributed by atoms with van der Waals surface area (Å²) in [5, 5.41) is 3.45. The number of aromatic nitrogens is 1. The summed E-state index contributed by atoms with van der Waals surface area (Å²) >= 11 is 1.78. The van der Waals surface area contributed by atoms with Crippen LogP contribution in [0.1, 0.15) is 43.8 Å². The van der Waals surface area contributed by atoms with E-state index in [9.17, 15) is 0 Å². The molecule has 0 aliphatic rings. The zero-order valence-corrected chi connectivity index (χ0v) is 8.24. The van der Waals surface area contributed by atoms with Crippen molar-refractivity contribution in [2.45, 2.75) is 39.5 Å². The molecule has 11 heavy (non-hydrogen) atoms. The van der Waals surface area contributed by atoms with Crippen molar-refractivity contribution in [3.05, 3.63) is 16.1 Å². The summed E-state index contributed by atoms with van der Waals surface area (Å²) in [7, 11) is 0. The molecule has 0 fully saturated rings. The highest BCUT2D eigenvalue weighted by atomic mass is 32.1. The maximum Gasteiger partial charge on any atom is 0.0925 e. The first-order valence-corrected chi connectivity index (χ1v) is 5.10. The average Bonchev–Trinajstić information content (AvgIpc) is 2.50. The summed E-state index contributed by atoms with van der Waals surface area (Å²) in [4.78, 5) is 4.52. The third-order valence-corrected chi connectivity index (χ3v) is 3.00. The van der Waals surface area contributed by atoms with Crippen LogP contribution >= 0.6 is 11.3 Å². The Hall–Kier alpha value is -0.370. The Bertz CT molecular complexity index is 217. The molecule has 0 aromatic carbocycles. The first-order valence-electron chi connectivity index (χ1n) is 4.22. The molecule has 62 valence electrons. The predicted molar refractivity (Wildman–Crippen MR) is 50.2 cm³/mol. The summed E-state index contributed by atoms with van der Waals surface area (Å²) in [5.41, 5.74) is 1.27. The fraction of sp³-hybridized carbons (Fsp3) is 0.667. The molecule has 1 unspecified atom stereocenters. The highest BCUT2D eigenvalue weighted by Crippen LogP contribution is 2.20.